The van der Waals surface area contributed by atoms with Gasteiger partial charge in [-0.1, -0.05) is 0 Å². The van der Waals surface area contributed by atoms with Crippen LogP contribution in [0.25, 0.3) is 0 Å². The number of fused-ring (bicyclic) bond motifs is 1. The third kappa shape index (κ3) is 4.02. The molecule has 0 bridgehead atoms. The fraction of sp³-hybridized carbons (Fsp3) is 0.200. The molecule has 2 aromatic rings. The number of benzene rings is 2. The highest BCUT2D eigenvalue weighted by Crippen LogP contribution is 2.35. The molecule has 10 heteroatoms. The van der Waals surface area contributed by atoms with Gasteiger partial charge in [-0.2, -0.15) is 8.42 Å². The van der Waals surface area contributed by atoms with Crippen LogP contribution in [0.2, 0.25) is 0 Å². The lowest BCUT2D eigenvalue weighted by Gasteiger charge is -2.08. The number of halogens is 1. The van der Waals surface area contributed by atoms with E-state index in [1.807, 2.05) is 6.07 Å². The van der Waals surface area contributed by atoms with Gasteiger partial charge in [-0.05, 0) is 58.8 Å². The summed E-state index contributed by atoms with van der Waals surface area (Å²) >= 11 is 2.13. The van der Waals surface area contributed by atoms with Gasteiger partial charge in [0.25, 0.3) is 15.8 Å². The summed E-state index contributed by atoms with van der Waals surface area (Å²) in [5.41, 5.74) is 0.692. The Balaban J connectivity index is 1.66. The van der Waals surface area contributed by atoms with Crippen molar-refractivity contribution < 1.29 is 27.0 Å². The lowest BCUT2D eigenvalue weighted by molar-refractivity contribution is -0.384. The van der Waals surface area contributed by atoms with Gasteiger partial charge >= 0.3 is 0 Å². The van der Waals surface area contributed by atoms with Gasteiger partial charge in [-0.15, -0.1) is 0 Å². The minimum Gasteiger partial charge on any atom is -0.454 e. The van der Waals surface area contributed by atoms with E-state index in [1.54, 1.807) is 6.07 Å². The Morgan fingerprint density at radius 3 is 2.44 bits per heavy atom. The van der Waals surface area contributed by atoms with E-state index >= 15 is 0 Å². The van der Waals surface area contributed by atoms with Crippen LogP contribution >= 0.6 is 22.6 Å². The number of hydrogen-bond acceptors (Lipinski definition) is 7. The average molecular weight is 477 g/mol. The van der Waals surface area contributed by atoms with Crippen LogP contribution in [0.1, 0.15) is 5.56 Å². The maximum absolute atomic E-state index is 12.1. The van der Waals surface area contributed by atoms with Crippen molar-refractivity contribution >= 4 is 38.4 Å². The largest absolute Gasteiger partial charge is 0.454 e. The zero-order chi connectivity index (χ0) is 18.0. The molecular formula is C15H12INO7S. The van der Waals surface area contributed by atoms with Crippen molar-refractivity contribution in [2.45, 2.75) is 11.3 Å². The zero-order valence-electron chi connectivity index (χ0n) is 12.7. The van der Waals surface area contributed by atoms with Gasteiger partial charge in [0, 0.05) is 15.7 Å². The van der Waals surface area contributed by atoms with Crippen molar-refractivity contribution in [3.8, 4) is 11.5 Å². The Bertz CT molecular complexity index is 912. The maximum atomic E-state index is 12.1. The summed E-state index contributed by atoms with van der Waals surface area (Å²) in [5.74, 6) is 1.28. The molecule has 0 N–H and O–H groups in total. The molecule has 8 nitrogen and oxygen atoms in total. The SMILES string of the molecule is O=[N+]([O-])c1ccc(S(=O)(=O)OCCc2cc3c(cc2I)OCO3)cc1. The standard InChI is InChI=1S/C15H12INO7S/c16-13-8-15-14(22-9-23-15)7-10(13)5-6-24-25(20,21)12-3-1-11(2-4-12)17(18)19/h1-4,7-8H,5-6,9H2. The Kier molecular flexibility index (Phi) is 5.11. The molecule has 3 rings (SSSR count). The monoisotopic (exact) mass is 477 g/mol. The first-order chi connectivity index (χ1) is 11.9. The number of rotatable bonds is 6. The summed E-state index contributed by atoms with van der Waals surface area (Å²) in [6.07, 6.45) is 0.362. The number of nitro benzene ring substituents is 1. The molecule has 1 aliphatic rings. The Morgan fingerprint density at radius 2 is 1.80 bits per heavy atom. The van der Waals surface area contributed by atoms with Crippen LogP contribution in [0.4, 0.5) is 5.69 Å². The van der Waals surface area contributed by atoms with Crippen molar-refractivity contribution in [3.05, 3.63) is 55.6 Å². The van der Waals surface area contributed by atoms with E-state index in [1.165, 1.54) is 0 Å². The van der Waals surface area contributed by atoms with Crippen molar-refractivity contribution in [3.63, 3.8) is 0 Å². The molecule has 25 heavy (non-hydrogen) atoms. The molecule has 1 aliphatic heterocycles. The summed E-state index contributed by atoms with van der Waals surface area (Å²) < 4.78 is 40.8. The summed E-state index contributed by atoms with van der Waals surface area (Å²) in [6, 6.07) is 8.17. The van der Waals surface area contributed by atoms with Crippen LogP contribution in [0.5, 0.6) is 11.5 Å². The van der Waals surface area contributed by atoms with Crippen LogP contribution in [0.3, 0.4) is 0 Å². The minimum atomic E-state index is -3.98. The van der Waals surface area contributed by atoms with Gasteiger partial charge in [-0.25, -0.2) is 0 Å². The van der Waals surface area contributed by atoms with Crippen LogP contribution in [-0.2, 0) is 20.7 Å². The Morgan fingerprint density at radius 1 is 1.16 bits per heavy atom. The molecule has 0 amide bonds. The van der Waals surface area contributed by atoms with Crippen molar-refractivity contribution in [1.29, 1.82) is 0 Å². The third-order valence-corrected chi connectivity index (χ3v) is 5.82. The fourth-order valence-electron chi connectivity index (χ4n) is 2.21. The molecule has 0 aromatic heterocycles. The highest BCUT2D eigenvalue weighted by molar-refractivity contribution is 14.1. The van der Waals surface area contributed by atoms with Crippen molar-refractivity contribution in [2.24, 2.45) is 0 Å². The maximum Gasteiger partial charge on any atom is 0.296 e. The van der Waals surface area contributed by atoms with E-state index in [2.05, 4.69) is 22.6 Å². The molecule has 0 unspecified atom stereocenters. The Labute approximate surface area is 157 Å². The molecule has 0 saturated carbocycles. The molecule has 1 heterocycles. The van der Waals surface area contributed by atoms with Gasteiger partial charge in [0.05, 0.1) is 16.4 Å². The topological polar surface area (TPSA) is 105 Å². The number of non-ortho nitro benzene ring substituents is 1. The molecule has 0 radical (unpaired) electrons. The van der Waals surface area contributed by atoms with Crippen molar-refractivity contribution in [1.82, 2.24) is 0 Å². The first kappa shape index (κ1) is 17.9. The summed E-state index contributed by atoms with van der Waals surface area (Å²) in [4.78, 5) is 9.88. The first-order valence-electron chi connectivity index (χ1n) is 7.09. The third-order valence-electron chi connectivity index (χ3n) is 3.49. The molecule has 0 fully saturated rings. The lowest BCUT2D eigenvalue weighted by Crippen LogP contribution is -2.09. The van der Waals surface area contributed by atoms with Gasteiger partial charge < -0.3 is 9.47 Å². The smallest absolute Gasteiger partial charge is 0.296 e. The predicted molar refractivity (Wildman–Crippen MR) is 95.2 cm³/mol. The molecule has 2 aromatic carbocycles. The van der Waals surface area contributed by atoms with Gasteiger partial charge in [0.1, 0.15) is 0 Å². The number of ether oxygens (including phenoxy) is 2. The summed E-state index contributed by atoms with van der Waals surface area (Å²) in [7, 11) is -3.98. The van der Waals surface area contributed by atoms with E-state index in [9.17, 15) is 18.5 Å². The second-order valence-electron chi connectivity index (χ2n) is 5.07. The number of nitrogens with zero attached hydrogens (tertiary/aromatic N) is 1. The fourth-order valence-corrected chi connectivity index (χ4v) is 3.83. The lowest BCUT2D eigenvalue weighted by atomic mass is 10.1. The summed E-state index contributed by atoms with van der Waals surface area (Å²) in [6.45, 7) is 0.106. The van der Waals surface area contributed by atoms with Crippen LogP contribution in [-0.4, -0.2) is 26.7 Å². The van der Waals surface area contributed by atoms with E-state index in [4.69, 9.17) is 13.7 Å². The summed E-state index contributed by atoms with van der Waals surface area (Å²) in [5, 5.41) is 10.6. The second-order valence-corrected chi connectivity index (χ2v) is 7.85. The van der Waals surface area contributed by atoms with Crippen LogP contribution in [0.15, 0.2) is 41.3 Å². The normalized spacial score (nSPS) is 13.0. The molecule has 0 aliphatic carbocycles. The quantitative estimate of drug-likeness (QED) is 0.273. The highest BCUT2D eigenvalue weighted by Gasteiger charge is 2.19. The van der Waals surface area contributed by atoms with E-state index in [0.717, 1.165) is 33.4 Å². The average Bonchev–Trinajstić information content (AvgIpc) is 3.02. The van der Waals surface area contributed by atoms with Gasteiger partial charge in [-0.3, -0.25) is 14.3 Å². The Hall–Kier alpha value is -1.92. The van der Waals surface area contributed by atoms with Crippen LogP contribution < -0.4 is 9.47 Å². The van der Waals surface area contributed by atoms with Crippen LogP contribution in [0, 0.1) is 13.7 Å². The molecular weight excluding hydrogens is 465 g/mol. The van der Waals surface area contributed by atoms with E-state index in [0.29, 0.717) is 17.9 Å². The highest BCUT2D eigenvalue weighted by atomic mass is 127. The molecule has 0 atom stereocenters. The first-order valence-corrected chi connectivity index (χ1v) is 9.57. The van der Waals surface area contributed by atoms with Gasteiger partial charge in [0.15, 0.2) is 11.5 Å². The molecule has 0 saturated heterocycles. The molecule has 0 spiro atoms. The van der Waals surface area contributed by atoms with E-state index < -0.39 is 15.0 Å². The van der Waals surface area contributed by atoms with Gasteiger partial charge in [0.2, 0.25) is 6.79 Å². The van der Waals surface area contributed by atoms with E-state index in [-0.39, 0.29) is 24.0 Å². The van der Waals surface area contributed by atoms with Crippen molar-refractivity contribution in [2.75, 3.05) is 13.4 Å². The second kappa shape index (κ2) is 7.14. The minimum absolute atomic E-state index is 0.0605. The number of hydrogen-bond donors (Lipinski definition) is 0. The molecule has 132 valence electrons. The number of nitro groups is 1. The zero-order valence-corrected chi connectivity index (χ0v) is 15.7. The predicted octanol–water partition coefficient (Wildman–Crippen LogP) is 2.88.